The largest absolute Gasteiger partial charge is 0.458 e. The number of aryl methyl sites for hydroxylation is 1. The Balaban J connectivity index is 0.000000741. The van der Waals surface area contributed by atoms with Crippen LogP contribution in [-0.4, -0.2) is 232 Å². The molecular weight excluding hydrogens is 1380 g/mol. The summed E-state index contributed by atoms with van der Waals surface area (Å²) in [7, 11) is 5.59. The molecule has 9 N–H and O–H groups in total. The van der Waals surface area contributed by atoms with Gasteiger partial charge in [-0.05, 0) is 119 Å². The fourth-order valence-corrected chi connectivity index (χ4v) is 14.6. The molecule has 6 aliphatic heterocycles. The number of nitrogens with two attached hydrogens (primary N) is 2. The van der Waals surface area contributed by atoms with Gasteiger partial charge in [0.05, 0.1) is 35.3 Å². The standard InChI is InChI=1S/C62H86N12O16.C13H16N2O2/c1-27(2)42-59(84)73-23-17-19-36(73)57(82)69(13)25-38(75)71(15)48(29(5)6)61(86)88-33(11)44(55(80)65-42)67-53(78)35-22-21-31(9)51-46(35)64-47-40(41(63)50(77)32(10)52(47)90-51)54(79)68-45-34(12)89-62(87)49(30(7)8)72(16)39(76)26-70(14)58(83)37-20-18-24-74(37)60(85)43(28(3)4)66-56(45)81;1-2-13(8-7-11(16)15-12(13)17)9-3-5-10(14)6-4-9/h21-22,27-30,33-34,36-37,42-45,48-49H,17-20,23-26,63H2,1-16H3,(H,65,80)(H,66,81)(H,67,78)(H,68,79);3-6H,2,7-8,14H2,1H3,(H,15,16,17)/t33-,34-,36+,37+,42-,43-,44+,45+,48+,49+;/m1./s1. The Labute approximate surface area is 621 Å². The molecule has 6 heterocycles. The number of amides is 12. The number of likely N-dealkylation sites (N-methyl/N-ethyl adjacent to an activating group) is 4. The number of hydrogen-bond acceptors (Lipinski definition) is 21. The topological polar surface area (TPSA) is 432 Å². The minimum absolute atomic E-state index is 0.0763. The third kappa shape index (κ3) is 17.0. The summed E-state index contributed by atoms with van der Waals surface area (Å²) < 4.78 is 18.3. The molecule has 12 amide bonds. The van der Waals surface area contributed by atoms with Gasteiger partial charge in [0.2, 0.25) is 64.5 Å². The minimum Gasteiger partial charge on any atom is -0.458 e. The number of ether oxygens (including phenoxy) is 2. The molecule has 0 aromatic heterocycles. The molecule has 2 aromatic rings. The first-order valence-electron chi connectivity index (χ1n) is 36.3. The van der Waals surface area contributed by atoms with Gasteiger partial charge in [0.15, 0.2) is 11.3 Å². The third-order valence-electron chi connectivity index (χ3n) is 21.1. The first kappa shape index (κ1) is 82.1. The summed E-state index contributed by atoms with van der Waals surface area (Å²) in [5.74, 6) is -12.7. The molecule has 5 fully saturated rings. The lowest BCUT2D eigenvalue weighted by molar-refractivity contribution is -0.163. The maximum Gasteiger partial charge on any atom is 0.329 e. The van der Waals surface area contributed by atoms with E-state index in [9.17, 15) is 62.3 Å². The van der Waals surface area contributed by atoms with Crippen LogP contribution in [0.25, 0.3) is 22.6 Å². The van der Waals surface area contributed by atoms with E-state index in [1.165, 1.54) is 80.7 Å². The van der Waals surface area contributed by atoms with Crippen LogP contribution in [0.5, 0.6) is 0 Å². The van der Waals surface area contributed by atoms with Crippen molar-refractivity contribution in [3.8, 4) is 11.5 Å². The smallest absolute Gasteiger partial charge is 0.329 e. The van der Waals surface area contributed by atoms with Crippen molar-refractivity contribution < 1.29 is 81.0 Å². The van der Waals surface area contributed by atoms with Gasteiger partial charge >= 0.3 is 11.9 Å². The fourth-order valence-electron chi connectivity index (χ4n) is 14.6. The number of carbonyl (C=O) groups excluding carboxylic acids is 14. The Morgan fingerprint density at radius 2 is 1.08 bits per heavy atom. The number of esters is 2. The van der Waals surface area contributed by atoms with Crippen molar-refractivity contribution in [3.05, 3.63) is 74.4 Å². The number of nitrogens with zero attached hydrogens (tertiary/aromatic N) is 7. The van der Waals surface area contributed by atoms with Crippen LogP contribution in [0.2, 0.25) is 0 Å². The number of carbonyl (C=O) groups is 14. The van der Waals surface area contributed by atoms with E-state index in [4.69, 9.17) is 30.3 Å². The number of rotatable bonds is 10. The van der Waals surface area contributed by atoms with Gasteiger partial charge in [-0.15, -0.1) is 0 Å². The highest BCUT2D eigenvalue weighted by atomic mass is 16.6. The van der Waals surface area contributed by atoms with Crippen molar-refractivity contribution in [2.45, 2.75) is 201 Å². The summed E-state index contributed by atoms with van der Waals surface area (Å²) >= 11 is 0. The number of piperidine rings is 1. The maximum absolute atomic E-state index is 15.2. The molecule has 2 aromatic carbocycles. The van der Waals surface area contributed by atoms with Gasteiger partial charge in [-0.1, -0.05) is 80.5 Å². The third-order valence-corrected chi connectivity index (χ3v) is 21.1. The lowest BCUT2D eigenvalue weighted by atomic mass is 9.72. The van der Waals surface area contributed by atoms with Crippen molar-refractivity contribution in [2.24, 2.45) is 23.7 Å². The van der Waals surface area contributed by atoms with E-state index in [0.29, 0.717) is 43.4 Å². The molecule has 0 bridgehead atoms. The van der Waals surface area contributed by atoms with Crippen molar-refractivity contribution in [3.63, 3.8) is 0 Å². The Kier molecular flexibility index (Phi) is 25.7. The lowest BCUT2D eigenvalue weighted by Crippen LogP contribution is -2.61. The Morgan fingerprint density at radius 3 is 1.51 bits per heavy atom. The summed E-state index contributed by atoms with van der Waals surface area (Å²) in [4.78, 5) is 223. The lowest BCUT2D eigenvalue weighted by Gasteiger charge is -2.36. The molecule has 32 heteroatoms. The average Bonchev–Trinajstić information content (AvgIpc) is 0.797. The number of aromatic nitrogens is 1. The number of anilines is 2. The molecule has 32 nitrogen and oxygen atoms in total. The van der Waals surface area contributed by atoms with E-state index in [1.54, 1.807) is 74.4 Å². The maximum atomic E-state index is 15.2. The van der Waals surface area contributed by atoms with Crippen LogP contribution < -0.4 is 43.5 Å². The van der Waals surface area contributed by atoms with Crippen LogP contribution in [-0.2, 0) is 72.4 Å². The normalized spacial score (nSPS) is 26.0. The second-order valence-corrected chi connectivity index (χ2v) is 30.0. The van der Waals surface area contributed by atoms with Gasteiger partial charge in [0.25, 0.3) is 11.8 Å². The van der Waals surface area contributed by atoms with Gasteiger partial charge in [-0.3, -0.25) is 67.6 Å². The Morgan fingerprint density at radius 1 is 0.626 bits per heavy atom. The van der Waals surface area contributed by atoms with Crippen molar-refractivity contribution in [1.29, 1.82) is 0 Å². The van der Waals surface area contributed by atoms with E-state index in [0.717, 1.165) is 15.4 Å². The van der Waals surface area contributed by atoms with Gasteiger partial charge in [0, 0.05) is 59.0 Å². The number of nitrogen functional groups attached to an aromatic ring is 2. The molecule has 0 radical (unpaired) electrons. The number of fused-ring (bicyclic) bond motifs is 4. The number of imide groups is 1. The van der Waals surface area contributed by atoms with E-state index in [2.05, 4.69) is 26.6 Å². The van der Waals surface area contributed by atoms with Crippen molar-refractivity contribution >= 4 is 105 Å². The van der Waals surface area contributed by atoms with Gasteiger partial charge in [0.1, 0.15) is 71.8 Å². The summed E-state index contributed by atoms with van der Waals surface area (Å²) in [6, 6.07) is -0.586. The summed E-state index contributed by atoms with van der Waals surface area (Å²) in [6.45, 7) is 20.3. The monoisotopic (exact) mass is 1490 g/mol. The number of benzene rings is 3. The first-order valence-corrected chi connectivity index (χ1v) is 36.3. The highest BCUT2D eigenvalue weighted by Gasteiger charge is 2.48. The average molecular weight is 1490 g/mol. The van der Waals surface area contributed by atoms with E-state index in [-0.39, 0.29) is 65.7 Å². The van der Waals surface area contributed by atoms with E-state index < -0.39 is 196 Å². The van der Waals surface area contributed by atoms with Crippen LogP contribution in [0, 0.1) is 37.5 Å². The summed E-state index contributed by atoms with van der Waals surface area (Å²) in [5, 5.41) is 13.1. The summed E-state index contributed by atoms with van der Waals surface area (Å²) in [6.07, 6.45) is -0.0136. The SMILES string of the molecule is CCC1(c2ccc(N)cc2)CCC(=O)NC1=O.Cc1c2oc3c(C)ccc(C(=O)N[C@@H]4C(=O)N[C@H](C(C)C)C(=O)N5CCC[C@H]5C(=O)N(C)CC(=O)N(C)[C@@H](C(C)C)C(=O)O[C@@H]4C)c3nc-2c(C(=O)N[C@@H]2C(=O)N[C@H](C(C)C)C(=O)N3CCC[C@H]3C(=O)N(C)CC(=O)N(C)[C@@H](C(C)C)C(=O)O[C@@H]2C)c(N)c1=O. The molecule has 0 spiro atoms. The zero-order valence-electron chi connectivity index (χ0n) is 64.0. The highest BCUT2D eigenvalue weighted by Crippen LogP contribution is 2.38. The first-order chi connectivity index (χ1) is 50.2. The fraction of sp³-hybridized carbons (Fsp3) is 0.573. The number of hydrogen-bond donors (Lipinski definition) is 7. The van der Waals surface area contributed by atoms with Gasteiger partial charge in [-0.2, -0.15) is 0 Å². The molecule has 11 atom stereocenters. The van der Waals surface area contributed by atoms with Crippen LogP contribution >= 0.6 is 0 Å². The molecular formula is C75H102N14O18. The Bertz CT molecular complexity index is 4210. The zero-order chi connectivity index (χ0) is 79.4. The van der Waals surface area contributed by atoms with Crippen LogP contribution in [0.3, 0.4) is 0 Å². The second kappa shape index (κ2) is 33.5. The van der Waals surface area contributed by atoms with E-state index in [1.807, 2.05) is 19.1 Å². The molecule has 9 rings (SSSR count). The molecule has 580 valence electrons. The second-order valence-electron chi connectivity index (χ2n) is 30.0. The van der Waals surface area contributed by atoms with Crippen molar-refractivity contribution in [2.75, 3.05) is 65.8 Å². The molecule has 107 heavy (non-hydrogen) atoms. The van der Waals surface area contributed by atoms with Crippen molar-refractivity contribution in [1.82, 2.24) is 61.0 Å². The molecule has 7 aliphatic rings. The number of cyclic esters (lactones) is 2. The number of nitrogens with one attached hydrogen (secondary N) is 5. The molecule has 1 aliphatic carbocycles. The van der Waals surface area contributed by atoms with Crippen LogP contribution in [0.4, 0.5) is 11.4 Å². The quantitative estimate of drug-likeness (QED) is 0.0517. The molecule has 0 saturated carbocycles. The summed E-state index contributed by atoms with van der Waals surface area (Å²) in [5.41, 5.74) is 10.2. The van der Waals surface area contributed by atoms with E-state index >= 15 is 9.59 Å². The molecule has 1 unspecified atom stereocenters. The zero-order valence-corrected chi connectivity index (χ0v) is 64.0. The van der Waals surface area contributed by atoms with Crippen LogP contribution in [0.1, 0.15) is 159 Å². The minimum atomic E-state index is -1.88. The Hall–Kier alpha value is -10.6. The predicted octanol–water partition coefficient (Wildman–Crippen LogP) is 2.08. The predicted molar refractivity (Wildman–Crippen MR) is 391 cm³/mol. The highest BCUT2D eigenvalue weighted by molar-refractivity contribution is 6.11. The van der Waals surface area contributed by atoms with Gasteiger partial charge < -0.3 is 76.0 Å². The molecule has 5 saturated heterocycles. The van der Waals surface area contributed by atoms with Crippen LogP contribution in [0.15, 0.2) is 45.6 Å². The van der Waals surface area contributed by atoms with Gasteiger partial charge in [-0.25, -0.2) is 14.6 Å².